The molecule has 1 aromatic carbocycles. The van der Waals surface area contributed by atoms with Gasteiger partial charge in [0.05, 0.1) is 7.11 Å². The van der Waals surface area contributed by atoms with Crippen molar-refractivity contribution < 1.29 is 9.47 Å². The van der Waals surface area contributed by atoms with E-state index >= 15 is 0 Å². The molecule has 0 saturated carbocycles. The second kappa shape index (κ2) is 10.5. The number of ether oxygens (including phenoxy) is 2. The van der Waals surface area contributed by atoms with Crippen LogP contribution < -0.4 is 10.1 Å². The Bertz CT molecular complexity index is 472. The molecule has 0 bridgehead atoms. The Balaban J connectivity index is 0.00000144. The van der Waals surface area contributed by atoms with E-state index in [1.54, 1.807) is 7.11 Å². The van der Waals surface area contributed by atoms with E-state index in [1.807, 2.05) is 0 Å². The predicted molar refractivity (Wildman–Crippen MR) is 103 cm³/mol. The van der Waals surface area contributed by atoms with E-state index in [0.29, 0.717) is 12.0 Å². The van der Waals surface area contributed by atoms with Crippen LogP contribution in [-0.4, -0.2) is 51.4 Å². The topological polar surface area (TPSA) is 33.7 Å². The normalized spacial score (nSPS) is 20.6. The summed E-state index contributed by atoms with van der Waals surface area (Å²) >= 11 is 0. The van der Waals surface area contributed by atoms with Gasteiger partial charge in [0.15, 0.2) is 0 Å². The van der Waals surface area contributed by atoms with E-state index in [0.717, 1.165) is 45.1 Å². The second-order valence-electron chi connectivity index (χ2n) is 6.40. The maximum absolute atomic E-state index is 5.59. The largest absolute Gasteiger partial charge is 0.497 e. The van der Waals surface area contributed by atoms with Crippen molar-refractivity contribution >= 4 is 24.8 Å². The SMILES string of the molecule is COc1ccc([C@@H](C2CCOCC2)N2CCNCC2)c(C)c1.Cl.Cl. The number of hydrogen-bond acceptors (Lipinski definition) is 4. The van der Waals surface area contributed by atoms with Gasteiger partial charge in [0.25, 0.3) is 0 Å². The molecule has 2 fully saturated rings. The molecule has 2 aliphatic rings. The van der Waals surface area contributed by atoms with Crippen LogP contribution in [0.3, 0.4) is 0 Å². The van der Waals surface area contributed by atoms with E-state index in [4.69, 9.17) is 9.47 Å². The number of rotatable bonds is 4. The third kappa shape index (κ3) is 4.99. The zero-order chi connectivity index (χ0) is 15.4. The molecule has 1 atom stereocenters. The van der Waals surface area contributed by atoms with Crippen LogP contribution in [0.25, 0.3) is 0 Å². The predicted octanol–water partition coefficient (Wildman–Crippen LogP) is 3.22. The quantitative estimate of drug-likeness (QED) is 0.874. The molecule has 3 rings (SSSR count). The van der Waals surface area contributed by atoms with Gasteiger partial charge in [-0.1, -0.05) is 6.07 Å². The number of nitrogens with one attached hydrogen (secondary N) is 1. The van der Waals surface area contributed by atoms with E-state index in [2.05, 4.69) is 35.3 Å². The average Bonchev–Trinajstić information content (AvgIpc) is 2.58. The van der Waals surface area contributed by atoms with Gasteiger partial charge in [0.2, 0.25) is 0 Å². The monoisotopic (exact) mass is 376 g/mol. The molecule has 1 aromatic rings. The molecular weight excluding hydrogens is 347 g/mol. The second-order valence-corrected chi connectivity index (χ2v) is 6.40. The first-order valence-corrected chi connectivity index (χ1v) is 8.46. The van der Waals surface area contributed by atoms with Crippen molar-refractivity contribution in [3.05, 3.63) is 29.3 Å². The summed E-state index contributed by atoms with van der Waals surface area (Å²) in [5, 5.41) is 3.47. The van der Waals surface area contributed by atoms with Gasteiger partial charge < -0.3 is 14.8 Å². The minimum absolute atomic E-state index is 0. The molecule has 0 unspecified atom stereocenters. The lowest BCUT2D eigenvalue weighted by Crippen LogP contribution is -2.47. The summed E-state index contributed by atoms with van der Waals surface area (Å²) in [5.41, 5.74) is 2.81. The molecule has 0 amide bonds. The molecule has 138 valence electrons. The van der Waals surface area contributed by atoms with Crippen molar-refractivity contribution in [2.45, 2.75) is 25.8 Å². The van der Waals surface area contributed by atoms with Crippen LogP contribution >= 0.6 is 24.8 Å². The van der Waals surface area contributed by atoms with Crippen molar-refractivity contribution in [2.24, 2.45) is 5.92 Å². The molecule has 2 heterocycles. The van der Waals surface area contributed by atoms with Crippen molar-refractivity contribution in [3.63, 3.8) is 0 Å². The maximum Gasteiger partial charge on any atom is 0.119 e. The van der Waals surface area contributed by atoms with Crippen LogP contribution in [0, 0.1) is 12.8 Å². The first-order chi connectivity index (χ1) is 10.8. The lowest BCUT2D eigenvalue weighted by atomic mass is 9.84. The number of methoxy groups -OCH3 is 1. The molecule has 0 aromatic heterocycles. The number of piperazine rings is 1. The fraction of sp³-hybridized carbons (Fsp3) is 0.667. The first-order valence-electron chi connectivity index (χ1n) is 8.46. The molecule has 4 nitrogen and oxygen atoms in total. The fourth-order valence-electron chi connectivity index (χ4n) is 3.85. The highest BCUT2D eigenvalue weighted by molar-refractivity contribution is 5.85. The van der Waals surface area contributed by atoms with Crippen molar-refractivity contribution in [3.8, 4) is 5.75 Å². The first kappa shape index (κ1) is 21.5. The van der Waals surface area contributed by atoms with Crippen molar-refractivity contribution in [1.82, 2.24) is 10.2 Å². The minimum atomic E-state index is 0. The number of aryl methyl sites for hydroxylation is 1. The Morgan fingerprint density at radius 3 is 2.42 bits per heavy atom. The molecule has 1 N–H and O–H groups in total. The molecule has 2 aliphatic heterocycles. The third-order valence-corrected chi connectivity index (χ3v) is 5.05. The van der Waals surface area contributed by atoms with Crippen molar-refractivity contribution in [2.75, 3.05) is 46.5 Å². The summed E-state index contributed by atoms with van der Waals surface area (Å²) < 4.78 is 11.0. The molecule has 0 aliphatic carbocycles. The molecule has 0 radical (unpaired) electrons. The van der Waals surface area contributed by atoms with Gasteiger partial charge in [0, 0.05) is 45.4 Å². The number of halogens is 2. The van der Waals surface area contributed by atoms with E-state index in [9.17, 15) is 0 Å². The fourth-order valence-corrected chi connectivity index (χ4v) is 3.85. The minimum Gasteiger partial charge on any atom is -0.497 e. The summed E-state index contributed by atoms with van der Waals surface area (Å²) in [7, 11) is 1.74. The van der Waals surface area contributed by atoms with Gasteiger partial charge in [0.1, 0.15) is 5.75 Å². The van der Waals surface area contributed by atoms with Gasteiger partial charge in [-0.05, 0) is 48.9 Å². The number of hydrogen-bond donors (Lipinski definition) is 1. The summed E-state index contributed by atoms with van der Waals surface area (Å²) in [4.78, 5) is 2.67. The Kier molecular flexibility index (Phi) is 9.39. The zero-order valence-corrected chi connectivity index (χ0v) is 16.3. The highest BCUT2D eigenvalue weighted by Crippen LogP contribution is 2.37. The summed E-state index contributed by atoms with van der Waals surface area (Å²) in [6, 6.07) is 7.06. The third-order valence-electron chi connectivity index (χ3n) is 5.05. The average molecular weight is 377 g/mol. The van der Waals surface area contributed by atoms with Crippen molar-refractivity contribution in [1.29, 1.82) is 0 Å². The molecule has 6 heteroatoms. The van der Waals surface area contributed by atoms with Gasteiger partial charge in [-0.3, -0.25) is 4.90 Å². The lowest BCUT2D eigenvalue weighted by molar-refractivity contribution is 0.0211. The number of benzene rings is 1. The highest BCUT2D eigenvalue weighted by Gasteiger charge is 2.32. The van der Waals surface area contributed by atoms with Crippen LogP contribution in [0.15, 0.2) is 18.2 Å². The van der Waals surface area contributed by atoms with Gasteiger partial charge >= 0.3 is 0 Å². The molecule has 0 spiro atoms. The highest BCUT2D eigenvalue weighted by atomic mass is 35.5. The van der Waals surface area contributed by atoms with E-state index in [-0.39, 0.29) is 24.8 Å². The molecule has 24 heavy (non-hydrogen) atoms. The standard InChI is InChI=1S/C18H28N2O2.2ClH/c1-14-13-16(21-2)3-4-17(14)18(15-5-11-22-12-6-15)20-9-7-19-8-10-20;;/h3-4,13,15,18-19H,5-12H2,1-2H3;2*1H/t18-;;/m1../s1. The molecule has 2 saturated heterocycles. The Labute approximate surface area is 158 Å². The lowest BCUT2D eigenvalue weighted by Gasteiger charge is -2.41. The van der Waals surface area contributed by atoms with Gasteiger partial charge in [-0.25, -0.2) is 0 Å². The Morgan fingerprint density at radius 2 is 1.83 bits per heavy atom. The summed E-state index contributed by atoms with van der Waals surface area (Å²) in [5.74, 6) is 1.64. The van der Waals surface area contributed by atoms with Crippen LogP contribution in [0.5, 0.6) is 5.75 Å². The Hall–Kier alpha value is -0.520. The van der Waals surface area contributed by atoms with Crippen LogP contribution in [0.1, 0.15) is 30.0 Å². The van der Waals surface area contributed by atoms with Crippen LogP contribution in [0.2, 0.25) is 0 Å². The van der Waals surface area contributed by atoms with Crippen LogP contribution in [0.4, 0.5) is 0 Å². The van der Waals surface area contributed by atoms with E-state index < -0.39 is 0 Å². The Morgan fingerprint density at radius 1 is 1.17 bits per heavy atom. The maximum atomic E-state index is 5.59. The summed E-state index contributed by atoms with van der Waals surface area (Å²) in [6.45, 7) is 8.47. The van der Waals surface area contributed by atoms with Gasteiger partial charge in [-0.2, -0.15) is 0 Å². The number of nitrogens with zero attached hydrogens (tertiary/aromatic N) is 1. The molecular formula is C18H30Cl2N2O2. The smallest absolute Gasteiger partial charge is 0.119 e. The van der Waals surface area contributed by atoms with Crippen LogP contribution in [-0.2, 0) is 4.74 Å². The van der Waals surface area contributed by atoms with E-state index in [1.165, 1.54) is 24.0 Å². The van der Waals surface area contributed by atoms with Gasteiger partial charge in [-0.15, -0.1) is 24.8 Å². The summed E-state index contributed by atoms with van der Waals surface area (Å²) in [6.07, 6.45) is 2.33. The zero-order valence-electron chi connectivity index (χ0n) is 14.6.